The molecule has 276 valence electrons. The Balaban J connectivity index is 0.000000162. The molecule has 1 unspecified atom stereocenters. The van der Waals surface area contributed by atoms with Gasteiger partial charge in [0.1, 0.15) is 22.9 Å². The molecule has 3 atom stereocenters. The zero-order valence-corrected chi connectivity index (χ0v) is 31.5. The monoisotopic (exact) mass is 708 g/mol. The molecular weight excluding hydrogens is 657 g/mol. The van der Waals surface area contributed by atoms with E-state index in [0.717, 1.165) is 56.9 Å². The second-order valence-corrected chi connectivity index (χ2v) is 14.7. The summed E-state index contributed by atoms with van der Waals surface area (Å²) in [7, 11) is 5.93. The van der Waals surface area contributed by atoms with E-state index in [4.69, 9.17) is 14.7 Å². The fraction of sp³-hybridized carbons (Fsp3) is 0.514. The third-order valence-corrected chi connectivity index (χ3v) is 10.4. The Morgan fingerprint density at radius 1 is 0.731 bits per heavy atom. The summed E-state index contributed by atoms with van der Waals surface area (Å²) in [5, 5.41) is 17.4. The molecule has 2 aliphatic carbocycles. The summed E-state index contributed by atoms with van der Waals surface area (Å²) in [5.74, 6) is 4.59. The summed E-state index contributed by atoms with van der Waals surface area (Å²) < 4.78 is 8.99. The van der Waals surface area contributed by atoms with Crippen LogP contribution in [0.1, 0.15) is 72.4 Å². The van der Waals surface area contributed by atoms with Crippen molar-refractivity contribution in [2.24, 2.45) is 11.8 Å². The van der Waals surface area contributed by atoms with E-state index in [2.05, 4.69) is 99.3 Å². The molecule has 0 aliphatic heterocycles. The van der Waals surface area contributed by atoms with E-state index in [1.165, 1.54) is 25.7 Å². The Morgan fingerprint density at radius 2 is 1.19 bits per heavy atom. The normalized spacial score (nSPS) is 16.1. The highest BCUT2D eigenvalue weighted by Crippen LogP contribution is 2.38. The second kappa shape index (κ2) is 14.8. The number of fused-ring (bicyclic) bond motifs is 2. The molecule has 15 nitrogen and oxygen atoms in total. The lowest BCUT2D eigenvalue weighted by atomic mass is 10.2. The van der Waals surface area contributed by atoms with Crippen LogP contribution < -0.4 is 20.4 Å². The van der Waals surface area contributed by atoms with Gasteiger partial charge in [0.05, 0.1) is 47.2 Å². The Morgan fingerprint density at radius 3 is 1.62 bits per heavy atom. The lowest BCUT2D eigenvalue weighted by molar-refractivity contribution is 0.157. The predicted octanol–water partition coefficient (Wildman–Crippen LogP) is 7.05. The summed E-state index contributed by atoms with van der Waals surface area (Å²) in [5.41, 5.74) is 3.42. The van der Waals surface area contributed by atoms with Crippen LogP contribution in [0.2, 0.25) is 0 Å². The number of ether oxygens (including phenoxy) is 1. The van der Waals surface area contributed by atoms with Crippen molar-refractivity contribution in [3.05, 3.63) is 49.3 Å². The maximum Gasteiger partial charge on any atom is 0.231 e. The topological polar surface area (TPSA) is 159 Å². The van der Waals surface area contributed by atoms with E-state index < -0.39 is 0 Å². The number of aromatic amines is 2. The molecule has 6 aromatic heterocycles. The van der Waals surface area contributed by atoms with Gasteiger partial charge in [0, 0.05) is 64.1 Å². The number of nitrogens with one attached hydrogen (secondary N) is 4. The molecule has 0 amide bonds. The van der Waals surface area contributed by atoms with E-state index in [-0.39, 0.29) is 6.04 Å². The third-order valence-electron chi connectivity index (χ3n) is 10.4. The van der Waals surface area contributed by atoms with Crippen molar-refractivity contribution in [2.75, 3.05) is 48.2 Å². The Kier molecular flexibility index (Phi) is 10.0. The van der Waals surface area contributed by atoms with Crippen molar-refractivity contribution in [1.82, 2.24) is 49.5 Å². The fourth-order valence-electron chi connectivity index (χ4n) is 6.58. The first kappa shape index (κ1) is 35.2. The van der Waals surface area contributed by atoms with E-state index in [0.29, 0.717) is 36.6 Å². The number of nitrogens with zero attached hydrogens (tertiary/aromatic N) is 10. The molecule has 6 aromatic rings. The van der Waals surface area contributed by atoms with Gasteiger partial charge in [-0.05, 0) is 84.3 Å². The molecule has 52 heavy (non-hydrogen) atoms. The number of hydrogen-bond donors (Lipinski definition) is 4. The van der Waals surface area contributed by atoms with Gasteiger partial charge in [-0.1, -0.05) is 0 Å². The second-order valence-electron chi connectivity index (χ2n) is 14.7. The van der Waals surface area contributed by atoms with Crippen LogP contribution in [0.3, 0.4) is 0 Å². The Labute approximate surface area is 304 Å². The molecule has 0 saturated heterocycles. The fourth-order valence-corrected chi connectivity index (χ4v) is 6.58. The van der Waals surface area contributed by atoms with Crippen LogP contribution in [0.5, 0.6) is 0 Å². The highest BCUT2D eigenvalue weighted by molar-refractivity contribution is 5.90. The predicted molar refractivity (Wildman–Crippen MR) is 207 cm³/mol. The maximum atomic E-state index is 5.20. The highest BCUT2D eigenvalue weighted by atomic mass is 16.5. The molecule has 8 rings (SSSR count). The molecule has 6 heterocycles. The van der Waals surface area contributed by atoms with Crippen LogP contribution in [0.25, 0.3) is 22.1 Å². The van der Waals surface area contributed by atoms with Gasteiger partial charge >= 0.3 is 0 Å². The Bertz CT molecular complexity index is 2090. The number of H-pyrrole nitrogens is 2. The van der Waals surface area contributed by atoms with Crippen LogP contribution in [0.4, 0.5) is 34.9 Å². The molecule has 0 aromatic carbocycles. The van der Waals surface area contributed by atoms with Gasteiger partial charge in [0.15, 0.2) is 0 Å². The summed E-state index contributed by atoms with van der Waals surface area (Å²) >= 11 is 0. The molecule has 15 heteroatoms. The molecule has 0 bridgehead atoms. The molecule has 2 fully saturated rings. The van der Waals surface area contributed by atoms with Crippen molar-refractivity contribution in [3.8, 4) is 0 Å². The quantitative estimate of drug-likeness (QED) is 0.0918. The molecular formula is C37H52N14O. The first-order chi connectivity index (χ1) is 25.1. The Hall–Kier alpha value is -5.18. The summed E-state index contributed by atoms with van der Waals surface area (Å²) in [6.07, 6.45) is 16.6. The van der Waals surface area contributed by atoms with Crippen molar-refractivity contribution >= 4 is 57.0 Å². The lowest BCUT2D eigenvalue weighted by Crippen LogP contribution is -2.31. The average molecular weight is 709 g/mol. The maximum absolute atomic E-state index is 5.20. The summed E-state index contributed by atoms with van der Waals surface area (Å²) in [6, 6.07) is 5.51. The van der Waals surface area contributed by atoms with E-state index >= 15 is 0 Å². The largest absolute Gasteiger partial charge is 0.382 e. The highest BCUT2D eigenvalue weighted by Gasteiger charge is 2.33. The van der Waals surface area contributed by atoms with E-state index in [9.17, 15) is 0 Å². The average Bonchev–Trinajstić information content (AvgIpc) is 3.92. The number of aromatic nitrogens is 10. The van der Waals surface area contributed by atoms with E-state index in [1.807, 2.05) is 46.3 Å². The SMILES string of the molecule is CC(C)n1cc(Nc2nc(N(C)[C@H](C)C3CC3)c3cc[nH]c3n2)cn1.COCC(C)n1cc(Nc2nc(N(C)[C@H](C)C3CC3)c3cc[nH]c3n2)cn1. The van der Waals surface area contributed by atoms with Crippen LogP contribution >= 0.6 is 0 Å². The number of hydrogen-bond acceptors (Lipinski definition) is 11. The van der Waals surface area contributed by atoms with Crippen LogP contribution in [0.15, 0.2) is 49.3 Å². The minimum atomic E-state index is 0.165. The van der Waals surface area contributed by atoms with Gasteiger partial charge < -0.3 is 35.1 Å². The first-order valence-corrected chi connectivity index (χ1v) is 18.4. The van der Waals surface area contributed by atoms with Gasteiger partial charge in [-0.2, -0.15) is 30.1 Å². The van der Waals surface area contributed by atoms with Crippen molar-refractivity contribution in [3.63, 3.8) is 0 Å². The first-order valence-electron chi connectivity index (χ1n) is 18.4. The zero-order chi connectivity index (χ0) is 36.5. The van der Waals surface area contributed by atoms with Crippen LogP contribution in [0, 0.1) is 11.8 Å². The number of rotatable bonds is 14. The smallest absolute Gasteiger partial charge is 0.231 e. The van der Waals surface area contributed by atoms with Crippen LogP contribution in [-0.2, 0) is 4.74 Å². The van der Waals surface area contributed by atoms with Gasteiger partial charge in [-0.3, -0.25) is 9.36 Å². The van der Waals surface area contributed by atoms with Gasteiger partial charge in [0.2, 0.25) is 11.9 Å². The van der Waals surface area contributed by atoms with E-state index in [1.54, 1.807) is 19.5 Å². The molecule has 0 spiro atoms. The lowest BCUT2D eigenvalue weighted by Gasteiger charge is -2.26. The minimum Gasteiger partial charge on any atom is -0.382 e. The zero-order valence-electron chi connectivity index (χ0n) is 31.5. The van der Waals surface area contributed by atoms with Crippen molar-refractivity contribution in [1.29, 1.82) is 0 Å². The number of methoxy groups -OCH3 is 1. The third kappa shape index (κ3) is 7.69. The minimum absolute atomic E-state index is 0.165. The molecule has 2 saturated carbocycles. The van der Waals surface area contributed by atoms with Gasteiger partial charge in [-0.15, -0.1) is 0 Å². The van der Waals surface area contributed by atoms with Crippen molar-refractivity contribution in [2.45, 2.75) is 84.5 Å². The molecule has 0 radical (unpaired) electrons. The number of anilines is 6. The van der Waals surface area contributed by atoms with Gasteiger partial charge in [0.25, 0.3) is 0 Å². The summed E-state index contributed by atoms with van der Waals surface area (Å²) in [4.78, 5) is 29.8. The molecule has 4 N–H and O–H groups in total. The molecule has 2 aliphatic rings. The van der Waals surface area contributed by atoms with Gasteiger partial charge in [-0.25, -0.2) is 0 Å². The summed E-state index contributed by atoms with van der Waals surface area (Å²) in [6.45, 7) is 11.4. The standard InChI is InChI=1S/C19H27N7O.C18H25N7/c1-12(11-27-4)26-10-15(9-21-26)22-19-23-17-16(7-8-20-17)18(24-19)25(3)13(2)14-5-6-14;1-11(2)25-10-14(9-20-25)21-18-22-16-15(7-8-19-16)17(23-18)24(4)12(3)13-5-6-13/h7-10,12-14H,5-6,11H2,1-4H3,(H2,20,22,23,24);7-13H,5-6H2,1-4H3,(H2,19,21,22,23)/t12?,13-;12-/m11/s1. The van der Waals surface area contributed by atoms with Crippen molar-refractivity contribution < 1.29 is 4.74 Å². The van der Waals surface area contributed by atoms with Crippen LogP contribution in [-0.4, -0.2) is 89.4 Å².